The Morgan fingerprint density at radius 3 is 2.67 bits per heavy atom. The van der Waals surface area contributed by atoms with Crippen LogP contribution < -0.4 is 0 Å². The average Bonchev–Trinajstić information content (AvgIpc) is 2.41. The molecule has 2 aromatic rings. The van der Waals surface area contributed by atoms with E-state index in [4.69, 9.17) is 0 Å². The van der Waals surface area contributed by atoms with E-state index in [9.17, 15) is 4.39 Å². The fraction of sp³-hybridized carbons (Fsp3) is 0.188. The van der Waals surface area contributed by atoms with Gasteiger partial charge in [-0.15, -0.1) is 0 Å². The molecule has 0 fully saturated rings. The maximum atomic E-state index is 12.8. The number of rotatable bonds is 2. The Morgan fingerprint density at radius 2 is 1.83 bits per heavy atom. The monoisotopic (exact) mass is 239 g/mol. The van der Waals surface area contributed by atoms with Crippen molar-refractivity contribution < 1.29 is 4.39 Å². The third kappa shape index (κ3) is 2.44. The summed E-state index contributed by atoms with van der Waals surface area (Å²) in [5.41, 5.74) is 3.64. The summed E-state index contributed by atoms with van der Waals surface area (Å²) < 4.78 is 12.8. The lowest BCUT2D eigenvalue weighted by Crippen LogP contribution is -2.28. The van der Waals surface area contributed by atoms with Gasteiger partial charge in [0.15, 0.2) is 0 Å². The van der Waals surface area contributed by atoms with Gasteiger partial charge in [0.2, 0.25) is 0 Å². The van der Waals surface area contributed by atoms with Gasteiger partial charge < -0.3 is 0 Å². The van der Waals surface area contributed by atoms with Crippen LogP contribution in [0.2, 0.25) is 0 Å². The normalized spacial score (nSPS) is 15.4. The smallest absolute Gasteiger partial charge is 0.123 e. The number of hydrogen-bond acceptors (Lipinski definition) is 1. The SMILES string of the molecule is Fc1ccc(CN2[C]c3ccccc3CC2)cc1. The number of benzene rings is 2. The van der Waals surface area contributed by atoms with Crippen LogP contribution in [0.25, 0.3) is 0 Å². The number of hydrogen-bond donors (Lipinski definition) is 0. The van der Waals surface area contributed by atoms with E-state index < -0.39 is 0 Å². The summed E-state index contributed by atoms with van der Waals surface area (Å²) in [4.78, 5) is 2.16. The summed E-state index contributed by atoms with van der Waals surface area (Å²) >= 11 is 0. The van der Waals surface area contributed by atoms with E-state index in [0.29, 0.717) is 0 Å². The molecule has 3 rings (SSSR count). The average molecular weight is 239 g/mol. The molecule has 2 radical (unpaired) electrons. The van der Waals surface area contributed by atoms with Crippen LogP contribution in [0.15, 0.2) is 48.5 Å². The molecule has 90 valence electrons. The van der Waals surface area contributed by atoms with Crippen molar-refractivity contribution in [1.29, 1.82) is 0 Å². The summed E-state index contributed by atoms with van der Waals surface area (Å²) in [5.74, 6) is -0.185. The van der Waals surface area contributed by atoms with Gasteiger partial charge in [-0.05, 0) is 35.2 Å². The molecule has 0 spiro atoms. The zero-order chi connectivity index (χ0) is 12.4. The Balaban J connectivity index is 1.71. The van der Waals surface area contributed by atoms with Crippen molar-refractivity contribution in [1.82, 2.24) is 4.90 Å². The summed E-state index contributed by atoms with van der Waals surface area (Å²) in [6.07, 6.45) is 1.05. The molecule has 0 N–H and O–H groups in total. The van der Waals surface area contributed by atoms with Crippen LogP contribution in [0.4, 0.5) is 4.39 Å². The summed E-state index contributed by atoms with van der Waals surface area (Å²) in [7, 11) is 0. The molecule has 0 bridgehead atoms. The highest BCUT2D eigenvalue weighted by Gasteiger charge is 2.16. The quantitative estimate of drug-likeness (QED) is 0.777. The van der Waals surface area contributed by atoms with E-state index in [1.54, 1.807) is 0 Å². The van der Waals surface area contributed by atoms with Gasteiger partial charge in [0.25, 0.3) is 0 Å². The fourth-order valence-electron chi connectivity index (χ4n) is 2.26. The van der Waals surface area contributed by atoms with Crippen LogP contribution in [-0.2, 0) is 13.0 Å². The van der Waals surface area contributed by atoms with Crippen molar-refractivity contribution in [3.8, 4) is 0 Å². The highest BCUT2D eigenvalue weighted by molar-refractivity contribution is 5.35. The predicted molar refractivity (Wildman–Crippen MR) is 69.3 cm³/mol. The van der Waals surface area contributed by atoms with Crippen molar-refractivity contribution >= 4 is 0 Å². The van der Waals surface area contributed by atoms with Gasteiger partial charge in [-0.1, -0.05) is 36.4 Å². The molecular formula is C16H14FN. The van der Waals surface area contributed by atoms with Crippen molar-refractivity contribution in [2.75, 3.05) is 6.54 Å². The van der Waals surface area contributed by atoms with Gasteiger partial charge in [-0.2, -0.15) is 0 Å². The summed E-state index contributed by atoms with van der Waals surface area (Å²) in [5, 5.41) is 0. The van der Waals surface area contributed by atoms with Gasteiger partial charge in [0, 0.05) is 13.1 Å². The largest absolute Gasteiger partial charge is 0.285 e. The molecule has 2 heteroatoms. The first-order valence-electron chi connectivity index (χ1n) is 6.15. The highest BCUT2D eigenvalue weighted by Crippen LogP contribution is 2.21. The molecule has 0 atom stereocenters. The topological polar surface area (TPSA) is 3.24 Å². The first-order chi connectivity index (χ1) is 8.81. The second-order valence-corrected chi connectivity index (χ2v) is 4.57. The van der Waals surface area contributed by atoms with E-state index in [1.807, 2.05) is 18.2 Å². The Labute approximate surface area is 107 Å². The number of halogens is 1. The lowest BCUT2D eigenvalue weighted by molar-refractivity contribution is 0.328. The molecule has 1 nitrogen and oxygen atoms in total. The third-order valence-electron chi connectivity index (χ3n) is 3.23. The molecule has 0 aliphatic carbocycles. The van der Waals surface area contributed by atoms with Gasteiger partial charge in [0.1, 0.15) is 5.82 Å². The molecule has 0 unspecified atom stereocenters. The van der Waals surface area contributed by atoms with E-state index in [-0.39, 0.29) is 5.82 Å². The first kappa shape index (κ1) is 11.4. The van der Waals surface area contributed by atoms with Crippen molar-refractivity contribution in [2.45, 2.75) is 13.0 Å². The molecule has 0 saturated heterocycles. The maximum Gasteiger partial charge on any atom is 0.123 e. The molecule has 18 heavy (non-hydrogen) atoms. The Bertz CT molecular complexity index is 533. The molecule has 0 saturated carbocycles. The van der Waals surface area contributed by atoms with Crippen molar-refractivity contribution in [3.63, 3.8) is 0 Å². The minimum atomic E-state index is -0.185. The van der Waals surface area contributed by atoms with Gasteiger partial charge >= 0.3 is 0 Å². The van der Waals surface area contributed by atoms with Crippen molar-refractivity contribution in [2.24, 2.45) is 0 Å². The van der Waals surface area contributed by atoms with Gasteiger partial charge in [-0.3, -0.25) is 4.90 Å². The second-order valence-electron chi connectivity index (χ2n) is 4.57. The molecule has 0 aromatic heterocycles. The lowest BCUT2D eigenvalue weighted by atomic mass is 9.99. The maximum absolute atomic E-state index is 12.8. The fourth-order valence-corrected chi connectivity index (χ4v) is 2.26. The molecule has 1 heterocycles. The van der Waals surface area contributed by atoms with Crippen LogP contribution in [0.1, 0.15) is 16.7 Å². The second kappa shape index (κ2) is 4.91. The van der Waals surface area contributed by atoms with E-state index >= 15 is 0 Å². The van der Waals surface area contributed by atoms with E-state index in [2.05, 4.69) is 29.6 Å². The Hall–Kier alpha value is -1.67. The highest BCUT2D eigenvalue weighted by atomic mass is 19.1. The predicted octanol–water partition coefficient (Wildman–Crippen LogP) is 3.27. The van der Waals surface area contributed by atoms with Crippen LogP contribution in [0.5, 0.6) is 0 Å². The number of fused-ring (bicyclic) bond motifs is 1. The zero-order valence-corrected chi connectivity index (χ0v) is 10.1. The van der Waals surface area contributed by atoms with Crippen LogP contribution in [0.3, 0.4) is 0 Å². The molecule has 1 aliphatic heterocycles. The molecular weight excluding hydrogens is 225 g/mol. The lowest BCUT2D eigenvalue weighted by Gasteiger charge is -2.27. The van der Waals surface area contributed by atoms with Gasteiger partial charge in [-0.25, -0.2) is 4.39 Å². The number of nitrogens with zero attached hydrogens (tertiary/aromatic N) is 1. The van der Waals surface area contributed by atoms with Crippen molar-refractivity contribution in [3.05, 3.63) is 77.6 Å². The minimum absolute atomic E-state index is 0.185. The van der Waals surface area contributed by atoms with Crippen LogP contribution >= 0.6 is 0 Å². The first-order valence-corrected chi connectivity index (χ1v) is 6.15. The molecule has 0 amide bonds. The standard InChI is InChI=1S/C16H14FN/c17-16-7-5-13(6-8-16)11-18-10-9-14-3-1-2-4-15(14)12-18/h1-8H,9-11H2. The van der Waals surface area contributed by atoms with E-state index in [1.165, 1.54) is 23.3 Å². The Morgan fingerprint density at radius 1 is 1.06 bits per heavy atom. The van der Waals surface area contributed by atoms with Gasteiger partial charge in [0.05, 0.1) is 6.54 Å². The molecule has 1 aliphatic rings. The van der Waals surface area contributed by atoms with Crippen LogP contribution in [-0.4, -0.2) is 11.4 Å². The summed E-state index contributed by atoms with van der Waals surface area (Å²) in [6.45, 7) is 5.15. The van der Waals surface area contributed by atoms with E-state index in [0.717, 1.165) is 25.1 Å². The minimum Gasteiger partial charge on any atom is -0.285 e. The van der Waals surface area contributed by atoms with Crippen LogP contribution in [0, 0.1) is 12.4 Å². The summed E-state index contributed by atoms with van der Waals surface area (Å²) in [6, 6.07) is 15.0. The Kier molecular flexibility index (Phi) is 3.11. The molecule has 2 aromatic carbocycles. The zero-order valence-electron chi connectivity index (χ0n) is 10.1. The third-order valence-corrected chi connectivity index (χ3v) is 3.23.